The number of nitrogens with one attached hydrogen (secondary N) is 2. The van der Waals surface area contributed by atoms with E-state index in [1.165, 1.54) is 36.8 Å². The molecule has 5 nitrogen and oxygen atoms in total. The summed E-state index contributed by atoms with van der Waals surface area (Å²) in [5.74, 6) is 0.449. The summed E-state index contributed by atoms with van der Waals surface area (Å²) < 4.78 is 5.15. The van der Waals surface area contributed by atoms with Crippen molar-refractivity contribution in [3.05, 3.63) is 30.0 Å². The van der Waals surface area contributed by atoms with Crippen molar-refractivity contribution >= 4 is 39.4 Å². The van der Waals surface area contributed by atoms with Crippen molar-refractivity contribution in [2.75, 3.05) is 17.7 Å². The molecule has 0 amide bonds. The van der Waals surface area contributed by atoms with Crippen LogP contribution in [-0.4, -0.2) is 40.4 Å². The second kappa shape index (κ2) is 7.97. The summed E-state index contributed by atoms with van der Waals surface area (Å²) in [6.45, 7) is 4.16. The molecule has 2 atom stereocenters. The molecule has 1 fully saturated rings. The molecule has 0 spiro atoms. The standard InChI is InChI=1S/C21H27N3O2S/c1-3-26-21(25)13(2)18-12-27-20(24-18)17-11-14-7-6-10-16(19(14)23-17)22-15-8-4-5-9-15/h6-7,10-11,13,15,18,22-23H,3-5,8-9,12H2,1-2H3. The number of benzene rings is 1. The lowest BCUT2D eigenvalue weighted by atomic mass is 10.1. The van der Waals surface area contributed by atoms with Crippen LogP contribution in [0.15, 0.2) is 29.3 Å². The van der Waals surface area contributed by atoms with Gasteiger partial charge in [-0.1, -0.05) is 25.0 Å². The van der Waals surface area contributed by atoms with Crippen LogP contribution in [0.1, 0.15) is 45.2 Å². The highest BCUT2D eigenvalue weighted by Gasteiger charge is 2.30. The number of esters is 1. The Morgan fingerprint density at radius 1 is 1.41 bits per heavy atom. The first-order valence-electron chi connectivity index (χ1n) is 9.91. The minimum atomic E-state index is -0.209. The van der Waals surface area contributed by atoms with Gasteiger partial charge in [-0.25, -0.2) is 0 Å². The van der Waals surface area contributed by atoms with Crippen molar-refractivity contribution in [1.29, 1.82) is 0 Å². The van der Waals surface area contributed by atoms with E-state index in [0.29, 0.717) is 12.6 Å². The second-order valence-corrected chi connectivity index (χ2v) is 8.44. The highest BCUT2D eigenvalue weighted by molar-refractivity contribution is 8.14. The third-order valence-corrected chi connectivity index (χ3v) is 6.62. The van der Waals surface area contributed by atoms with E-state index in [1.807, 2.05) is 13.8 Å². The van der Waals surface area contributed by atoms with Gasteiger partial charge in [-0.2, -0.15) is 0 Å². The fourth-order valence-corrected chi connectivity index (χ4v) is 5.07. The van der Waals surface area contributed by atoms with Gasteiger partial charge in [0, 0.05) is 17.2 Å². The number of thioether (sulfide) groups is 1. The Hall–Kier alpha value is -1.95. The van der Waals surface area contributed by atoms with Crippen molar-refractivity contribution in [1.82, 2.24) is 4.98 Å². The summed E-state index contributed by atoms with van der Waals surface area (Å²) in [4.78, 5) is 20.4. The molecule has 0 bridgehead atoms. The number of carbonyl (C=O) groups excluding carboxylic acids is 1. The van der Waals surface area contributed by atoms with E-state index in [9.17, 15) is 4.79 Å². The Bertz CT molecular complexity index is 854. The Morgan fingerprint density at radius 2 is 2.22 bits per heavy atom. The summed E-state index contributed by atoms with van der Waals surface area (Å²) in [5.41, 5.74) is 3.35. The molecule has 0 radical (unpaired) electrons. The molecular weight excluding hydrogens is 358 g/mol. The van der Waals surface area contributed by atoms with Crippen LogP contribution in [0.3, 0.4) is 0 Å². The fraction of sp³-hybridized carbons (Fsp3) is 0.524. The fourth-order valence-electron chi connectivity index (χ4n) is 3.91. The van der Waals surface area contributed by atoms with Gasteiger partial charge in [-0.05, 0) is 38.8 Å². The van der Waals surface area contributed by atoms with E-state index < -0.39 is 0 Å². The van der Waals surface area contributed by atoms with Gasteiger partial charge in [0.2, 0.25) is 0 Å². The number of anilines is 1. The van der Waals surface area contributed by atoms with Gasteiger partial charge in [0.05, 0.1) is 35.5 Å². The summed E-state index contributed by atoms with van der Waals surface area (Å²) in [6.07, 6.45) is 5.13. The highest BCUT2D eigenvalue weighted by Crippen LogP contribution is 2.32. The van der Waals surface area contributed by atoms with E-state index in [1.54, 1.807) is 11.8 Å². The van der Waals surface area contributed by atoms with Crippen molar-refractivity contribution in [2.24, 2.45) is 10.9 Å². The number of H-pyrrole nitrogens is 1. The maximum Gasteiger partial charge on any atom is 0.310 e. The molecule has 2 heterocycles. The predicted octanol–water partition coefficient (Wildman–Crippen LogP) is 4.58. The Balaban J connectivity index is 1.55. The average Bonchev–Trinajstić information content (AvgIpc) is 3.41. The van der Waals surface area contributed by atoms with E-state index in [2.05, 4.69) is 34.6 Å². The topological polar surface area (TPSA) is 66.5 Å². The van der Waals surface area contributed by atoms with Gasteiger partial charge in [0.15, 0.2) is 0 Å². The molecule has 4 rings (SSSR count). The summed E-state index contributed by atoms with van der Waals surface area (Å²) >= 11 is 1.71. The molecule has 1 aromatic carbocycles. The molecule has 2 aliphatic rings. The second-order valence-electron chi connectivity index (χ2n) is 7.43. The third-order valence-electron chi connectivity index (χ3n) is 5.51. The number of para-hydroxylation sites is 1. The average molecular weight is 386 g/mol. The van der Waals surface area contributed by atoms with Crippen molar-refractivity contribution < 1.29 is 9.53 Å². The zero-order chi connectivity index (χ0) is 18.8. The number of carbonyl (C=O) groups is 1. The first-order chi connectivity index (χ1) is 13.2. The smallest absolute Gasteiger partial charge is 0.310 e. The number of aliphatic imine (C=N–C) groups is 1. The van der Waals surface area contributed by atoms with E-state index in [4.69, 9.17) is 9.73 Å². The maximum atomic E-state index is 12.0. The zero-order valence-electron chi connectivity index (χ0n) is 16.0. The number of fused-ring (bicyclic) bond motifs is 1. The molecular formula is C21H27N3O2S. The lowest BCUT2D eigenvalue weighted by Gasteiger charge is -2.14. The zero-order valence-corrected chi connectivity index (χ0v) is 16.8. The monoisotopic (exact) mass is 385 g/mol. The van der Waals surface area contributed by atoms with Crippen LogP contribution in [0.25, 0.3) is 10.9 Å². The lowest BCUT2D eigenvalue weighted by Crippen LogP contribution is -2.26. The summed E-state index contributed by atoms with van der Waals surface area (Å²) in [7, 11) is 0. The third kappa shape index (κ3) is 3.86. The van der Waals surface area contributed by atoms with Gasteiger partial charge in [-0.3, -0.25) is 9.79 Å². The maximum absolute atomic E-state index is 12.0. The van der Waals surface area contributed by atoms with Gasteiger partial charge >= 0.3 is 5.97 Å². The molecule has 1 aliphatic heterocycles. The molecule has 1 saturated carbocycles. The molecule has 1 aliphatic carbocycles. The quantitative estimate of drug-likeness (QED) is 0.714. The molecule has 2 aromatic rings. The Kier molecular flexibility index (Phi) is 5.43. The molecule has 27 heavy (non-hydrogen) atoms. The largest absolute Gasteiger partial charge is 0.466 e. The van der Waals surface area contributed by atoms with E-state index >= 15 is 0 Å². The molecule has 2 N–H and O–H groups in total. The van der Waals surface area contributed by atoms with Crippen LogP contribution < -0.4 is 5.32 Å². The van der Waals surface area contributed by atoms with Crippen molar-refractivity contribution in [3.8, 4) is 0 Å². The van der Waals surface area contributed by atoms with Crippen LogP contribution in [0.5, 0.6) is 0 Å². The molecule has 0 saturated heterocycles. The van der Waals surface area contributed by atoms with Gasteiger partial charge in [0.1, 0.15) is 5.04 Å². The number of aromatic nitrogens is 1. The summed E-state index contributed by atoms with van der Waals surface area (Å²) in [6, 6.07) is 9.11. The highest BCUT2D eigenvalue weighted by atomic mass is 32.2. The van der Waals surface area contributed by atoms with Crippen LogP contribution in [0, 0.1) is 5.92 Å². The number of hydrogen-bond donors (Lipinski definition) is 2. The van der Waals surface area contributed by atoms with Gasteiger partial charge in [0.25, 0.3) is 0 Å². The van der Waals surface area contributed by atoms with Crippen LogP contribution in [0.2, 0.25) is 0 Å². The molecule has 144 valence electrons. The summed E-state index contributed by atoms with van der Waals surface area (Å²) in [5, 5.41) is 5.88. The Morgan fingerprint density at radius 3 is 3.00 bits per heavy atom. The molecule has 1 aromatic heterocycles. The molecule has 2 unspecified atom stereocenters. The van der Waals surface area contributed by atoms with Crippen LogP contribution in [-0.2, 0) is 9.53 Å². The van der Waals surface area contributed by atoms with Gasteiger partial charge < -0.3 is 15.0 Å². The minimum Gasteiger partial charge on any atom is -0.466 e. The van der Waals surface area contributed by atoms with Crippen molar-refractivity contribution in [2.45, 2.75) is 51.6 Å². The minimum absolute atomic E-state index is 0.0217. The van der Waals surface area contributed by atoms with Crippen LogP contribution in [0.4, 0.5) is 5.69 Å². The number of nitrogens with zero attached hydrogens (tertiary/aromatic N) is 1. The lowest BCUT2D eigenvalue weighted by molar-refractivity contribution is -0.147. The first kappa shape index (κ1) is 18.4. The van der Waals surface area contributed by atoms with E-state index in [0.717, 1.165) is 22.0 Å². The van der Waals surface area contributed by atoms with Gasteiger partial charge in [-0.15, -0.1) is 11.8 Å². The number of rotatable bonds is 6. The predicted molar refractivity (Wildman–Crippen MR) is 113 cm³/mol. The number of hydrogen-bond acceptors (Lipinski definition) is 5. The number of aromatic amines is 1. The normalized spacial score (nSPS) is 21.4. The van der Waals surface area contributed by atoms with E-state index in [-0.39, 0.29) is 17.9 Å². The number of ether oxygens (including phenoxy) is 1. The first-order valence-corrected chi connectivity index (χ1v) is 10.9. The SMILES string of the molecule is CCOC(=O)C(C)C1CSC(c2cc3cccc(NC4CCCC4)c3[nH]2)=N1. The Labute approximate surface area is 164 Å². The van der Waals surface area contributed by atoms with Crippen LogP contribution >= 0.6 is 11.8 Å². The van der Waals surface area contributed by atoms with Crippen molar-refractivity contribution in [3.63, 3.8) is 0 Å². The molecule has 6 heteroatoms.